The molecule has 0 saturated carbocycles. The van der Waals surface area contributed by atoms with Gasteiger partial charge in [-0.15, -0.1) is 0 Å². The number of aryl methyl sites for hydroxylation is 1. The van der Waals surface area contributed by atoms with Crippen molar-refractivity contribution in [3.63, 3.8) is 0 Å². The molecule has 0 bridgehead atoms. The zero-order valence-corrected chi connectivity index (χ0v) is 12.1. The average molecular weight is 255 g/mol. The molecule has 0 aliphatic rings. The summed E-state index contributed by atoms with van der Waals surface area (Å²) in [6.07, 6.45) is 7.70. The molecule has 1 unspecified atom stereocenters. The zero-order chi connectivity index (χ0) is 12.9. The lowest BCUT2D eigenvalue weighted by Crippen LogP contribution is -2.23. The van der Waals surface area contributed by atoms with Gasteiger partial charge >= 0.3 is 0 Å². The second-order valence-electron chi connectivity index (χ2n) is 4.99. The molecule has 0 saturated heterocycles. The van der Waals surface area contributed by atoms with Gasteiger partial charge in [-0.1, -0.05) is 51.6 Å². The second-order valence-corrected chi connectivity index (χ2v) is 5.39. The molecule has 2 nitrogen and oxygen atoms in total. The summed E-state index contributed by atoms with van der Waals surface area (Å²) in [5.74, 6) is 0.805. The van der Waals surface area contributed by atoms with Crippen LogP contribution in [0.2, 0.25) is 5.02 Å². The summed E-state index contributed by atoms with van der Waals surface area (Å²) in [7, 11) is 0. The van der Waals surface area contributed by atoms with E-state index in [0.717, 1.165) is 24.4 Å². The van der Waals surface area contributed by atoms with Crippen LogP contribution in [-0.4, -0.2) is 9.97 Å². The quantitative estimate of drug-likeness (QED) is 0.689. The average Bonchev–Trinajstić information content (AvgIpc) is 2.32. The normalized spacial score (nSPS) is 14.6. The Balaban J connectivity index is 2.94. The largest absolute Gasteiger partial charge is 0.240 e. The van der Waals surface area contributed by atoms with Crippen LogP contribution in [0.15, 0.2) is 6.20 Å². The highest BCUT2D eigenvalue weighted by molar-refractivity contribution is 6.31. The number of rotatable bonds is 6. The molecule has 1 rings (SSSR count). The van der Waals surface area contributed by atoms with Crippen LogP contribution < -0.4 is 0 Å². The van der Waals surface area contributed by atoms with Gasteiger partial charge in [-0.05, 0) is 19.8 Å². The van der Waals surface area contributed by atoms with Crippen molar-refractivity contribution in [1.29, 1.82) is 0 Å². The molecule has 0 fully saturated rings. The summed E-state index contributed by atoms with van der Waals surface area (Å²) in [6.45, 7) is 8.61. The van der Waals surface area contributed by atoms with Crippen LogP contribution in [-0.2, 0) is 5.41 Å². The number of halogens is 1. The predicted molar refractivity (Wildman–Crippen MR) is 73.6 cm³/mol. The molecule has 0 N–H and O–H groups in total. The third kappa shape index (κ3) is 3.67. The van der Waals surface area contributed by atoms with Crippen LogP contribution in [0.5, 0.6) is 0 Å². The topological polar surface area (TPSA) is 25.8 Å². The molecule has 0 aromatic carbocycles. The van der Waals surface area contributed by atoms with Crippen molar-refractivity contribution >= 4 is 11.6 Å². The fourth-order valence-electron chi connectivity index (χ4n) is 2.11. The summed E-state index contributed by atoms with van der Waals surface area (Å²) >= 11 is 6.25. The van der Waals surface area contributed by atoms with Crippen molar-refractivity contribution in [2.24, 2.45) is 0 Å². The van der Waals surface area contributed by atoms with Crippen molar-refractivity contribution in [3.05, 3.63) is 22.7 Å². The summed E-state index contributed by atoms with van der Waals surface area (Å²) in [6, 6.07) is 0. The number of aromatic nitrogens is 2. The summed E-state index contributed by atoms with van der Waals surface area (Å²) in [4.78, 5) is 8.69. The SMILES string of the molecule is CCCCCC(C)(CC)c1nc(C)ncc1Cl. The molecular weight excluding hydrogens is 232 g/mol. The van der Waals surface area contributed by atoms with Gasteiger partial charge in [0.1, 0.15) is 5.82 Å². The zero-order valence-electron chi connectivity index (χ0n) is 11.4. The van der Waals surface area contributed by atoms with Crippen LogP contribution in [0.4, 0.5) is 0 Å². The highest BCUT2D eigenvalue weighted by Crippen LogP contribution is 2.35. The molecule has 1 heterocycles. The maximum absolute atomic E-state index is 6.25. The molecule has 0 amide bonds. The molecule has 17 heavy (non-hydrogen) atoms. The highest BCUT2D eigenvalue weighted by Gasteiger charge is 2.28. The molecular formula is C14H23ClN2. The summed E-state index contributed by atoms with van der Waals surface area (Å²) < 4.78 is 0. The first-order valence-corrected chi connectivity index (χ1v) is 6.91. The van der Waals surface area contributed by atoms with E-state index < -0.39 is 0 Å². The molecule has 1 aromatic rings. The molecule has 0 radical (unpaired) electrons. The number of unbranched alkanes of at least 4 members (excludes halogenated alkanes) is 2. The minimum atomic E-state index is 0.0833. The van der Waals surface area contributed by atoms with Gasteiger partial charge in [0.2, 0.25) is 0 Å². The maximum atomic E-state index is 6.25. The Morgan fingerprint density at radius 3 is 2.59 bits per heavy atom. The van der Waals surface area contributed by atoms with E-state index in [1.807, 2.05) is 6.92 Å². The minimum absolute atomic E-state index is 0.0833. The highest BCUT2D eigenvalue weighted by atomic mass is 35.5. The lowest BCUT2D eigenvalue weighted by atomic mass is 9.79. The number of hydrogen-bond acceptors (Lipinski definition) is 2. The van der Waals surface area contributed by atoms with Crippen LogP contribution in [0.1, 0.15) is 64.4 Å². The van der Waals surface area contributed by atoms with Gasteiger partial charge in [0.05, 0.1) is 10.7 Å². The first-order valence-electron chi connectivity index (χ1n) is 6.53. The van der Waals surface area contributed by atoms with Gasteiger partial charge in [0.15, 0.2) is 0 Å². The number of nitrogens with zero attached hydrogens (tertiary/aromatic N) is 2. The molecule has 0 spiro atoms. The van der Waals surface area contributed by atoms with Crippen molar-refractivity contribution in [1.82, 2.24) is 9.97 Å². The van der Waals surface area contributed by atoms with E-state index in [0.29, 0.717) is 5.02 Å². The van der Waals surface area contributed by atoms with Crippen molar-refractivity contribution in [3.8, 4) is 0 Å². The Kier molecular flexibility index (Phi) is 5.38. The lowest BCUT2D eigenvalue weighted by molar-refractivity contribution is 0.386. The van der Waals surface area contributed by atoms with E-state index in [1.165, 1.54) is 19.3 Å². The third-order valence-electron chi connectivity index (χ3n) is 3.55. The Morgan fingerprint density at radius 2 is 2.00 bits per heavy atom. The summed E-state index contributed by atoms with van der Waals surface area (Å²) in [5, 5.41) is 0.705. The first-order chi connectivity index (χ1) is 8.03. The third-order valence-corrected chi connectivity index (χ3v) is 3.83. The second kappa shape index (κ2) is 6.34. The predicted octanol–water partition coefficient (Wildman–Crippen LogP) is 4.69. The van der Waals surface area contributed by atoms with Crippen molar-refractivity contribution in [2.75, 3.05) is 0 Å². The van der Waals surface area contributed by atoms with Gasteiger partial charge in [-0.25, -0.2) is 9.97 Å². The maximum Gasteiger partial charge on any atom is 0.125 e. The molecule has 96 valence electrons. The monoisotopic (exact) mass is 254 g/mol. The van der Waals surface area contributed by atoms with E-state index in [2.05, 4.69) is 30.7 Å². The standard InChI is InChI=1S/C14H23ClN2/c1-5-7-8-9-14(4,6-2)13-12(15)10-16-11(3)17-13/h10H,5-9H2,1-4H3. The lowest BCUT2D eigenvalue weighted by Gasteiger charge is -2.28. The molecule has 1 aromatic heterocycles. The Labute approximate surface area is 110 Å². The van der Waals surface area contributed by atoms with E-state index >= 15 is 0 Å². The summed E-state index contributed by atoms with van der Waals surface area (Å²) in [5.41, 5.74) is 1.10. The molecule has 0 aliphatic heterocycles. The van der Waals surface area contributed by atoms with E-state index in [-0.39, 0.29) is 5.41 Å². The van der Waals surface area contributed by atoms with E-state index in [1.54, 1.807) is 6.20 Å². The number of hydrogen-bond donors (Lipinski definition) is 0. The van der Waals surface area contributed by atoms with Crippen LogP contribution in [0.3, 0.4) is 0 Å². The smallest absolute Gasteiger partial charge is 0.125 e. The first kappa shape index (κ1) is 14.4. The van der Waals surface area contributed by atoms with Crippen molar-refractivity contribution in [2.45, 2.75) is 65.2 Å². The fraction of sp³-hybridized carbons (Fsp3) is 0.714. The minimum Gasteiger partial charge on any atom is -0.240 e. The Morgan fingerprint density at radius 1 is 1.29 bits per heavy atom. The van der Waals surface area contributed by atoms with Gasteiger partial charge in [-0.2, -0.15) is 0 Å². The van der Waals surface area contributed by atoms with Crippen LogP contribution in [0, 0.1) is 6.92 Å². The van der Waals surface area contributed by atoms with Gasteiger partial charge < -0.3 is 0 Å². The fourth-order valence-corrected chi connectivity index (χ4v) is 2.43. The van der Waals surface area contributed by atoms with Gasteiger partial charge in [0.25, 0.3) is 0 Å². The van der Waals surface area contributed by atoms with Gasteiger partial charge in [-0.3, -0.25) is 0 Å². The van der Waals surface area contributed by atoms with Gasteiger partial charge in [0, 0.05) is 11.6 Å². The van der Waals surface area contributed by atoms with E-state index in [4.69, 9.17) is 11.6 Å². The van der Waals surface area contributed by atoms with Crippen LogP contribution in [0.25, 0.3) is 0 Å². The Hall–Kier alpha value is -0.630. The van der Waals surface area contributed by atoms with E-state index in [9.17, 15) is 0 Å². The Bertz CT molecular complexity index is 365. The van der Waals surface area contributed by atoms with Crippen molar-refractivity contribution < 1.29 is 0 Å². The molecule has 0 aliphatic carbocycles. The molecule has 3 heteroatoms. The molecule has 1 atom stereocenters. The van der Waals surface area contributed by atoms with Crippen LogP contribution >= 0.6 is 11.6 Å².